The van der Waals surface area contributed by atoms with Crippen molar-refractivity contribution in [1.82, 2.24) is 0 Å². The van der Waals surface area contributed by atoms with E-state index < -0.39 is 16.2 Å². The van der Waals surface area contributed by atoms with Crippen molar-refractivity contribution in [1.29, 1.82) is 0 Å². The first-order chi connectivity index (χ1) is 14.2. The fourth-order valence-corrected chi connectivity index (χ4v) is 3.92. The summed E-state index contributed by atoms with van der Waals surface area (Å²) in [6, 6.07) is 18.3. The molecule has 0 bridgehead atoms. The first-order valence-corrected chi connectivity index (χ1v) is 11.2. The summed E-state index contributed by atoms with van der Waals surface area (Å²) in [6.07, 6.45) is -0.484. The van der Waals surface area contributed by atoms with Crippen LogP contribution in [-0.4, -0.2) is 21.1 Å². The summed E-state index contributed by atoms with van der Waals surface area (Å²) in [4.78, 5) is 0.114. The van der Waals surface area contributed by atoms with Gasteiger partial charge in [-0.15, -0.1) is 0 Å². The summed E-state index contributed by atoms with van der Waals surface area (Å²) in [5.41, 5.74) is 0.969. The topological polar surface area (TPSA) is 61.8 Å². The molecule has 5 nitrogen and oxygen atoms in total. The van der Waals surface area contributed by atoms with E-state index in [9.17, 15) is 8.42 Å². The number of benzene rings is 3. The van der Waals surface area contributed by atoms with Crippen molar-refractivity contribution in [2.75, 3.05) is 6.61 Å². The van der Waals surface area contributed by atoms with Crippen LogP contribution in [0, 0.1) is 6.92 Å². The Morgan fingerprint density at radius 3 is 2.17 bits per heavy atom. The lowest BCUT2D eigenvalue weighted by atomic mass is 10.2. The number of rotatable bonds is 8. The second-order valence-electron chi connectivity index (χ2n) is 6.63. The maximum absolute atomic E-state index is 12.3. The molecule has 1 atom stereocenters. The van der Waals surface area contributed by atoms with E-state index in [1.54, 1.807) is 61.5 Å². The van der Waals surface area contributed by atoms with Gasteiger partial charge < -0.3 is 9.47 Å². The lowest BCUT2D eigenvalue weighted by Gasteiger charge is -2.15. The smallest absolute Gasteiger partial charge is 0.297 e. The van der Waals surface area contributed by atoms with Crippen LogP contribution in [0.2, 0.25) is 10.0 Å². The molecule has 0 aliphatic carbocycles. The zero-order valence-corrected chi connectivity index (χ0v) is 18.7. The summed E-state index contributed by atoms with van der Waals surface area (Å²) in [7, 11) is -3.83. The maximum Gasteiger partial charge on any atom is 0.297 e. The molecule has 0 amide bonds. The van der Waals surface area contributed by atoms with Crippen LogP contribution >= 0.6 is 23.2 Å². The third-order valence-electron chi connectivity index (χ3n) is 4.05. The summed E-state index contributed by atoms with van der Waals surface area (Å²) in [5, 5.41) is 0.931. The highest BCUT2D eigenvalue weighted by Crippen LogP contribution is 2.32. The minimum Gasteiger partial charge on any atom is -0.488 e. The lowest BCUT2D eigenvalue weighted by molar-refractivity contribution is 0.146. The molecule has 0 fully saturated rings. The van der Waals surface area contributed by atoms with E-state index >= 15 is 0 Å². The molecule has 3 aromatic rings. The van der Waals surface area contributed by atoms with Gasteiger partial charge in [-0.05, 0) is 68.4 Å². The van der Waals surface area contributed by atoms with Gasteiger partial charge in [0.2, 0.25) is 0 Å². The maximum atomic E-state index is 12.3. The zero-order chi connectivity index (χ0) is 21.7. The van der Waals surface area contributed by atoms with E-state index in [2.05, 4.69) is 0 Å². The van der Waals surface area contributed by atoms with Crippen LogP contribution in [0.5, 0.6) is 17.2 Å². The fraction of sp³-hybridized carbons (Fsp3) is 0.182. The predicted octanol–water partition coefficient (Wildman–Crippen LogP) is 6.27. The fourth-order valence-electron chi connectivity index (χ4n) is 2.50. The zero-order valence-electron chi connectivity index (χ0n) is 16.3. The van der Waals surface area contributed by atoms with Crippen molar-refractivity contribution in [3.05, 3.63) is 82.3 Å². The Balaban J connectivity index is 1.55. The molecule has 0 aliphatic heterocycles. The number of ether oxygens (including phenoxy) is 2. The van der Waals surface area contributed by atoms with Crippen LogP contribution in [0.1, 0.15) is 12.5 Å². The van der Waals surface area contributed by atoms with Gasteiger partial charge in [-0.2, -0.15) is 8.42 Å². The van der Waals surface area contributed by atoms with Crippen LogP contribution in [-0.2, 0) is 14.3 Å². The average molecular weight is 467 g/mol. The minimum atomic E-state index is -3.83. The van der Waals surface area contributed by atoms with E-state index in [0.29, 0.717) is 27.3 Å². The Bertz CT molecular complexity index is 1100. The second-order valence-corrected chi connectivity index (χ2v) is 9.09. The van der Waals surface area contributed by atoms with E-state index in [4.69, 9.17) is 36.9 Å². The largest absolute Gasteiger partial charge is 0.488 e. The van der Waals surface area contributed by atoms with Gasteiger partial charge in [0, 0.05) is 5.02 Å². The Labute approximate surface area is 186 Å². The Morgan fingerprint density at radius 2 is 1.53 bits per heavy atom. The molecule has 0 heterocycles. The van der Waals surface area contributed by atoms with Crippen molar-refractivity contribution in [3.63, 3.8) is 0 Å². The van der Waals surface area contributed by atoms with Crippen LogP contribution in [0.25, 0.3) is 0 Å². The van der Waals surface area contributed by atoms with Gasteiger partial charge in [0.15, 0.2) is 0 Å². The molecule has 158 valence electrons. The van der Waals surface area contributed by atoms with Crippen LogP contribution < -0.4 is 9.47 Å². The first-order valence-electron chi connectivity index (χ1n) is 9.09. The standard InChI is InChI=1S/C22H20Cl2O5S/c1-15-3-10-20(11-4-15)30(25,26)27-14-16(2)28-18-6-8-19(9-7-18)29-22-12-5-17(23)13-21(22)24/h3-13,16H,14H2,1-2H3. The van der Waals surface area contributed by atoms with Gasteiger partial charge in [-0.25, -0.2) is 0 Å². The van der Waals surface area contributed by atoms with Crippen molar-refractivity contribution in [2.45, 2.75) is 24.8 Å². The molecule has 8 heteroatoms. The van der Waals surface area contributed by atoms with Gasteiger partial charge in [0.1, 0.15) is 30.0 Å². The third-order valence-corrected chi connectivity index (χ3v) is 5.88. The number of halogens is 2. The molecule has 0 N–H and O–H groups in total. The number of hydrogen-bond donors (Lipinski definition) is 0. The predicted molar refractivity (Wildman–Crippen MR) is 117 cm³/mol. The minimum absolute atomic E-state index is 0.114. The van der Waals surface area contributed by atoms with Gasteiger partial charge in [-0.3, -0.25) is 4.18 Å². The molecular formula is C22H20Cl2O5S. The molecule has 3 aromatic carbocycles. The van der Waals surface area contributed by atoms with Gasteiger partial charge in [0.05, 0.1) is 9.92 Å². The molecule has 0 spiro atoms. The lowest BCUT2D eigenvalue weighted by Crippen LogP contribution is -2.21. The van der Waals surface area contributed by atoms with E-state index in [-0.39, 0.29) is 11.5 Å². The Kier molecular flexibility index (Phi) is 7.26. The first kappa shape index (κ1) is 22.4. The molecule has 0 saturated carbocycles. The molecule has 0 saturated heterocycles. The molecule has 0 aromatic heterocycles. The van der Waals surface area contributed by atoms with Crippen molar-refractivity contribution in [3.8, 4) is 17.2 Å². The Morgan fingerprint density at radius 1 is 0.900 bits per heavy atom. The normalized spacial score (nSPS) is 12.4. The number of aryl methyl sites for hydroxylation is 1. The SMILES string of the molecule is Cc1ccc(S(=O)(=O)OCC(C)Oc2ccc(Oc3ccc(Cl)cc3Cl)cc2)cc1. The van der Waals surface area contributed by atoms with Crippen LogP contribution in [0.3, 0.4) is 0 Å². The van der Waals surface area contributed by atoms with Crippen LogP contribution in [0.4, 0.5) is 0 Å². The van der Waals surface area contributed by atoms with Crippen molar-refractivity contribution < 1.29 is 22.1 Å². The van der Waals surface area contributed by atoms with E-state index in [1.165, 1.54) is 12.1 Å². The van der Waals surface area contributed by atoms with Crippen LogP contribution in [0.15, 0.2) is 71.6 Å². The van der Waals surface area contributed by atoms with Crippen molar-refractivity contribution in [2.24, 2.45) is 0 Å². The molecule has 3 rings (SSSR count). The van der Waals surface area contributed by atoms with Gasteiger partial charge in [0.25, 0.3) is 10.1 Å². The average Bonchev–Trinajstić information content (AvgIpc) is 2.70. The molecular weight excluding hydrogens is 447 g/mol. The molecule has 0 aliphatic rings. The highest BCUT2D eigenvalue weighted by Gasteiger charge is 2.17. The highest BCUT2D eigenvalue weighted by molar-refractivity contribution is 7.86. The monoisotopic (exact) mass is 466 g/mol. The van der Waals surface area contributed by atoms with Crippen molar-refractivity contribution >= 4 is 33.3 Å². The summed E-state index contributed by atoms with van der Waals surface area (Å²) in [5.74, 6) is 1.60. The van der Waals surface area contributed by atoms with Gasteiger partial charge >= 0.3 is 0 Å². The summed E-state index contributed by atoms with van der Waals surface area (Å²) in [6.45, 7) is 3.49. The molecule has 0 radical (unpaired) electrons. The molecule has 30 heavy (non-hydrogen) atoms. The molecule has 1 unspecified atom stereocenters. The van der Waals surface area contributed by atoms with Gasteiger partial charge in [-0.1, -0.05) is 40.9 Å². The Hall–Kier alpha value is -2.25. The quantitative estimate of drug-likeness (QED) is 0.366. The summed E-state index contributed by atoms with van der Waals surface area (Å²) < 4.78 is 41.1. The highest BCUT2D eigenvalue weighted by atomic mass is 35.5. The van der Waals surface area contributed by atoms with E-state index in [0.717, 1.165) is 5.56 Å². The summed E-state index contributed by atoms with van der Waals surface area (Å²) >= 11 is 12.0. The van der Waals surface area contributed by atoms with E-state index in [1.807, 2.05) is 6.92 Å². The third kappa shape index (κ3) is 6.12. The second kappa shape index (κ2) is 9.71. The number of hydrogen-bond acceptors (Lipinski definition) is 5.